The lowest BCUT2D eigenvalue weighted by Gasteiger charge is -2.21. The highest BCUT2D eigenvalue weighted by molar-refractivity contribution is 5.90. The van der Waals surface area contributed by atoms with E-state index in [1.54, 1.807) is 0 Å². The number of H-pyrrole nitrogens is 1. The van der Waals surface area contributed by atoms with Crippen LogP contribution in [0, 0.1) is 0 Å². The number of rotatable bonds is 6. The SMILES string of the molecule is O=C(NCCOC1CCCCC1)c1n[nH]c(C2CC2)n1. The Morgan fingerprint density at radius 3 is 2.80 bits per heavy atom. The van der Waals surface area contributed by atoms with Gasteiger partial charge in [-0.25, -0.2) is 4.98 Å². The zero-order chi connectivity index (χ0) is 13.8. The second kappa shape index (κ2) is 6.35. The van der Waals surface area contributed by atoms with Gasteiger partial charge in [0.2, 0.25) is 5.82 Å². The molecule has 2 saturated carbocycles. The lowest BCUT2D eigenvalue weighted by Crippen LogP contribution is -2.30. The number of nitrogens with one attached hydrogen (secondary N) is 2. The standard InChI is InChI=1S/C14H22N4O2/c19-14(13-16-12(17-18-13)10-6-7-10)15-8-9-20-11-4-2-1-3-5-11/h10-11H,1-9H2,(H,15,19)(H,16,17,18). The number of amides is 1. The Balaban J connectivity index is 1.35. The Labute approximate surface area is 118 Å². The van der Waals surface area contributed by atoms with Crippen LogP contribution in [-0.2, 0) is 4.74 Å². The third kappa shape index (κ3) is 3.56. The maximum Gasteiger partial charge on any atom is 0.291 e. The number of hydrogen-bond acceptors (Lipinski definition) is 4. The highest BCUT2D eigenvalue weighted by Gasteiger charge is 2.28. The summed E-state index contributed by atoms with van der Waals surface area (Å²) in [4.78, 5) is 16.1. The summed E-state index contributed by atoms with van der Waals surface area (Å²) in [6.07, 6.45) is 8.82. The zero-order valence-electron chi connectivity index (χ0n) is 11.7. The Morgan fingerprint density at radius 2 is 2.05 bits per heavy atom. The molecule has 1 heterocycles. The highest BCUT2D eigenvalue weighted by atomic mass is 16.5. The predicted octanol–water partition coefficient (Wildman–Crippen LogP) is 1.76. The first-order valence-electron chi connectivity index (χ1n) is 7.65. The number of carbonyl (C=O) groups is 1. The minimum atomic E-state index is -0.222. The van der Waals surface area contributed by atoms with E-state index in [9.17, 15) is 4.79 Å². The third-order valence-corrected chi connectivity index (χ3v) is 3.96. The largest absolute Gasteiger partial charge is 0.376 e. The molecule has 6 heteroatoms. The molecule has 2 aliphatic carbocycles. The van der Waals surface area contributed by atoms with Crippen LogP contribution >= 0.6 is 0 Å². The van der Waals surface area contributed by atoms with Crippen molar-refractivity contribution in [1.29, 1.82) is 0 Å². The van der Waals surface area contributed by atoms with E-state index < -0.39 is 0 Å². The van der Waals surface area contributed by atoms with E-state index >= 15 is 0 Å². The maximum absolute atomic E-state index is 11.8. The Kier molecular flexibility index (Phi) is 4.30. The molecule has 0 spiro atoms. The summed E-state index contributed by atoms with van der Waals surface area (Å²) in [5.74, 6) is 1.34. The van der Waals surface area contributed by atoms with Crippen LogP contribution in [0.2, 0.25) is 0 Å². The van der Waals surface area contributed by atoms with Gasteiger partial charge in [-0.1, -0.05) is 19.3 Å². The van der Waals surface area contributed by atoms with Crippen LogP contribution < -0.4 is 5.32 Å². The normalized spacial score (nSPS) is 20.0. The van der Waals surface area contributed by atoms with Crippen molar-refractivity contribution in [2.24, 2.45) is 0 Å². The molecule has 0 bridgehead atoms. The van der Waals surface area contributed by atoms with E-state index in [2.05, 4.69) is 20.5 Å². The number of aromatic amines is 1. The molecule has 0 aromatic carbocycles. The molecule has 3 rings (SSSR count). The van der Waals surface area contributed by atoms with Crippen LogP contribution in [-0.4, -0.2) is 40.3 Å². The van der Waals surface area contributed by atoms with Gasteiger partial charge in [0.25, 0.3) is 5.91 Å². The summed E-state index contributed by atoms with van der Waals surface area (Å²) in [7, 11) is 0. The van der Waals surface area contributed by atoms with E-state index in [-0.39, 0.29) is 11.7 Å². The number of carbonyl (C=O) groups excluding carboxylic acids is 1. The van der Waals surface area contributed by atoms with Crippen molar-refractivity contribution in [3.05, 3.63) is 11.6 Å². The van der Waals surface area contributed by atoms with E-state index in [4.69, 9.17) is 4.74 Å². The van der Waals surface area contributed by atoms with Crippen LogP contribution in [0.1, 0.15) is 67.3 Å². The van der Waals surface area contributed by atoms with Crippen LogP contribution in [0.15, 0.2) is 0 Å². The first-order chi connectivity index (χ1) is 9.83. The zero-order valence-corrected chi connectivity index (χ0v) is 11.7. The monoisotopic (exact) mass is 278 g/mol. The lowest BCUT2D eigenvalue weighted by atomic mass is 9.98. The summed E-state index contributed by atoms with van der Waals surface area (Å²) < 4.78 is 5.76. The molecule has 0 saturated heterocycles. The van der Waals surface area contributed by atoms with Gasteiger partial charge >= 0.3 is 0 Å². The highest BCUT2D eigenvalue weighted by Crippen LogP contribution is 2.37. The van der Waals surface area contributed by atoms with Crippen molar-refractivity contribution in [2.75, 3.05) is 13.2 Å². The van der Waals surface area contributed by atoms with E-state index in [0.29, 0.717) is 25.2 Å². The van der Waals surface area contributed by atoms with Crippen molar-refractivity contribution < 1.29 is 9.53 Å². The third-order valence-electron chi connectivity index (χ3n) is 3.96. The summed E-state index contributed by atoms with van der Waals surface area (Å²) >= 11 is 0. The van der Waals surface area contributed by atoms with E-state index in [0.717, 1.165) is 31.5 Å². The average molecular weight is 278 g/mol. The van der Waals surface area contributed by atoms with Gasteiger partial charge in [0.1, 0.15) is 5.82 Å². The number of nitrogens with zero attached hydrogens (tertiary/aromatic N) is 2. The number of ether oxygens (including phenoxy) is 1. The van der Waals surface area contributed by atoms with Crippen LogP contribution in [0.4, 0.5) is 0 Å². The second-order valence-electron chi connectivity index (χ2n) is 5.71. The van der Waals surface area contributed by atoms with Crippen molar-refractivity contribution >= 4 is 5.91 Å². The second-order valence-corrected chi connectivity index (χ2v) is 5.71. The lowest BCUT2D eigenvalue weighted by molar-refractivity contribution is 0.0299. The first-order valence-corrected chi connectivity index (χ1v) is 7.65. The van der Waals surface area contributed by atoms with Crippen LogP contribution in [0.5, 0.6) is 0 Å². The molecule has 0 aliphatic heterocycles. The number of hydrogen-bond donors (Lipinski definition) is 2. The maximum atomic E-state index is 11.8. The van der Waals surface area contributed by atoms with Gasteiger partial charge in [0, 0.05) is 12.5 Å². The minimum absolute atomic E-state index is 0.222. The van der Waals surface area contributed by atoms with Crippen LogP contribution in [0.25, 0.3) is 0 Å². The van der Waals surface area contributed by atoms with Gasteiger partial charge in [0.05, 0.1) is 12.7 Å². The fourth-order valence-corrected chi connectivity index (χ4v) is 2.62. The molecule has 0 unspecified atom stereocenters. The summed E-state index contributed by atoms with van der Waals surface area (Å²) in [6.45, 7) is 1.08. The van der Waals surface area contributed by atoms with Gasteiger partial charge < -0.3 is 10.1 Å². The topological polar surface area (TPSA) is 79.9 Å². The predicted molar refractivity (Wildman–Crippen MR) is 73.5 cm³/mol. The fraction of sp³-hybridized carbons (Fsp3) is 0.786. The molecule has 20 heavy (non-hydrogen) atoms. The minimum Gasteiger partial charge on any atom is -0.376 e. The van der Waals surface area contributed by atoms with Gasteiger partial charge in [-0.3, -0.25) is 9.89 Å². The average Bonchev–Trinajstić information content (AvgIpc) is 3.22. The molecular formula is C14H22N4O2. The molecule has 6 nitrogen and oxygen atoms in total. The van der Waals surface area contributed by atoms with E-state index in [1.165, 1.54) is 19.3 Å². The van der Waals surface area contributed by atoms with Crippen molar-refractivity contribution in [3.63, 3.8) is 0 Å². The Bertz CT molecular complexity index is 450. The first kappa shape index (κ1) is 13.5. The van der Waals surface area contributed by atoms with Crippen molar-refractivity contribution in [3.8, 4) is 0 Å². The summed E-state index contributed by atoms with van der Waals surface area (Å²) in [6, 6.07) is 0. The molecule has 2 aliphatic rings. The Hall–Kier alpha value is -1.43. The van der Waals surface area contributed by atoms with E-state index in [1.807, 2.05) is 0 Å². The summed E-state index contributed by atoms with van der Waals surface area (Å²) in [5, 5.41) is 9.60. The fourth-order valence-electron chi connectivity index (χ4n) is 2.62. The molecule has 1 amide bonds. The smallest absolute Gasteiger partial charge is 0.291 e. The van der Waals surface area contributed by atoms with Gasteiger partial charge in [-0.05, 0) is 25.7 Å². The molecule has 2 fully saturated rings. The quantitative estimate of drug-likeness (QED) is 0.777. The molecule has 2 N–H and O–H groups in total. The van der Waals surface area contributed by atoms with Gasteiger partial charge in [0.15, 0.2) is 0 Å². The van der Waals surface area contributed by atoms with Gasteiger partial charge in [-0.2, -0.15) is 0 Å². The van der Waals surface area contributed by atoms with Crippen LogP contribution in [0.3, 0.4) is 0 Å². The van der Waals surface area contributed by atoms with Crippen molar-refractivity contribution in [1.82, 2.24) is 20.5 Å². The molecule has 0 atom stereocenters. The molecular weight excluding hydrogens is 256 g/mol. The molecule has 1 aromatic heterocycles. The summed E-state index contributed by atoms with van der Waals surface area (Å²) in [5.41, 5.74) is 0. The molecule has 110 valence electrons. The molecule has 0 radical (unpaired) electrons. The Morgan fingerprint density at radius 1 is 1.25 bits per heavy atom. The van der Waals surface area contributed by atoms with Crippen molar-refractivity contribution in [2.45, 2.75) is 57.0 Å². The van der Waals surface area contributed by atoms with Gasteiger partial charge in [-0.15, -0.1) is 5.10 Å². The number of aromatic nitrogens is 3. The molecule has 1 aromatic rings.